The number of benzene rings is 1. The lowest BCUT2D eigenvalue weighted by molar-refractivity contribution is 0.513. The van der Waals surface area contributed by atoms with Crippen molar-refractivity contribution in [1.82, 2.24) is 15.2 Å². The van der Waals surface area contributed by atoms with Crippen LogP contribution in [0.3, 0.4) is 0 Å². The molecular weight excluding hydrogens is 274 g/mol. The summed E-state index contributed by atoms with van der Waals surface area (Å²) in [6.07, 6.45) is 1.71. The Morgan fingerprint density at radius 1 is 1.10 bits per heavy atom. The first-order valence-electron chi connectivity index (χ1n) is 6.19. The van der Waals surface area contributed by atoms with E-state index in [9.17, 15) is 0 Å². The van der Waals surface area contributed by atoms with E-state index in [0.29, 0.717) is 11.8 Å². The van der Waals surface area contributed by atoms with Crippen LogP contribution in [-0.2, 0) is 0 Å². The number of aryl methyl sites for hydroxylation is 1. The summed E-state index contributed by atoms with van der Waals surface area (Å²) in [5.74, 6) is 0.842. The summed E-state index contributed by atoms with van der Waals surface area (Å²) < 4.78 is 5.66. The Balaban J connectivity index is 1.91. The molecule has 0 saturated carbocycles. The first kappa shape index (κ1) is 12.8. The molecule has 0 aliphatic carbocycles. The molecule has 1 unspecified atom stereocenters. The molecular formula is C15H12ClN3O. The van der Waals surface area contributed by atoms with Gasteiger partial charge in [0.15, 0.2) is 0 Å². The molecule has 4 nitrogen and oxygen atoms in total. The lowest BCUT2D eigenvalue weighted by atomic mass is 10.1. The normalized spacial score (nSPS) is 12.3. The fourth-order valence-electron chi connectivity index (χ4n) is 1.90. The van der Waals surface area contributed by atoms with Crippen LogP contribution < -0.4 is 0 Å². The zero-order valence-electron chi connectivity index (χ0n) is 10.8. The highest BCUT2D eigenvalue weighted by Gasteiger charge is 2.18. The van der Waals surface area contributed by atoms with Crippen LogP contribution in [0.25, 0.3) is 11.5 Å². The van der Waals surface area contributed by atoms with Crippen molar-refractivity contribution >= 4 is 11.6 Å². The molecule has 0 fully saturated rings. The van der Waals surface area contributed by atoms with Crippen molar-refractivity contribution in [1.29, 1.82) is 0 Å². The van der Waals surface area contributed by atoms with Gasteiger partial charge in [-0.1, -0.05) is 30.3 Å². The second-order valence-electron chi connectivity index (χ2n) is 4.40. The quantitative estimate of drug-likeness (QED) is 0.687. The Morgan fingerprint density at radius 2 is 1.90 bits per heavy atom. The Labute approximate surface area is 121 Å². The maximum atomic E-state index is 6.36. The summed E-state index contributed by atoms with van der Waals surface area (Å²) in [6.45, 7) is 1.91. The molecule has 1 aromatic carbocycles. The Morgan fingerprint density at radius 3 is 2.65 bits per heavy atom. The molecule has 2 heterocycles. The van der Waals surface area contributed by atoms with Crippen LogP contribution in [-0.4, -0.2) is 15.2 Å². The molecule has 100 valence electrons. The average Bonchev–Trinajstić information content (AvgIpc) is 2.97. The van der Waals surface area contributed by atoms with Crippen molar-refractivity contribution in [3.63, 3.8) is 0 Å². The highest BCUT2D eigenvalue weighted by molar-refractivity contribution is 6.22. The van der Waals surface area contributed by atoms with Crippen molar-refractivity contribution < 1.29 is 4.42 Å². The van der Waals surface area contributed by atoms with Crippen molar-refractivity contribution in [3.8, 4) is 11.5 Å². The van der Waals surface area contributed by atoms with E-state index in [1.807, 2.05) is 49.4 Å². The average molecular weight is 286 g/mol. The van der Waals surface area contributed by atoms with E-state index in [-0.39, 0.29) is 0 Å². The fraction of sp³-hybridized carbons (Fsp3) is 0.133. The number of hydrogen-bond donors (Lipinski definition) is 0. The molecule has 5 heteroatoms. The zero-order chi connectivity index (χ0) is 13.9. The molecule has 0 amide bonds. The third-order valence-corrected chi connectivity index (χ3v) is 3.33. The zero-order valence-corrected chi connectivity index (χ0v) is 11.6. The van der Waals surface area contributed by atoms with Gasteiger partial charge in [-0.15, -0.1) is 21.8 Å². The molecule has 0 aliphatic heterocycles. The van der Waals surface area contributed by atoms with E-state index in [1.54, 1.807) is 6.20 Å². The van der Waals surface area contributed by atoms with Gasteiger partial charge in [0.25, 0.3) is 0 Å². The van der Waals surface area contributed by atoms with Gasteiger partial charge in [-0.2, -0.15) is 0 Å². The molecule has 0 bridgehead atoms. The Kier molecular flexibility index (Phi) is 3.48. The van der Waals surface area contributed by atoms with Gasteiger partial charge in [0, 0.05) is 17.5 Å². The molecule has 0 N–H and O–H groups in total. The van der Waals surface area contributed by atoms with Crippen LogP contribution in [0.1, 0.15) is 22.5 Å². The lowest BCUT2D eigenvalue weighted by Gasteiger charge is -2.03. The maximum Gasteiger partial charge on any atom is 0.247 e. The number of hydrogen-bond acceptors (Lipinski definition) is 4. The van der Waals surface area contributed by atoms with Gasteiger partial charge in [-0.3, -0.25) is 4.98 Å². The molecule has 2 aromatic heterocycles. The summed E-state index contributed by atoms with van der Waals surface area (Å²) in [6, 6.07) is 13.4. The Bertz CT molecular complexity index is 712. The smallest absolute Gasteiger partial charge is 0.247 e. The summed E-state index contributed by atoms with van der Waals surface area (Å²) in [4.78, 5) is 4.14. The molecule has 0 radical (unpaired) electrons. The molecule has 3 aromatic rings. The SMILES string of the molecule is Cc1cc(-c2nnc(C(Cl)c3ccccc3)o2)ccn1. The van der Waals surface area contributed by atoms with Crippen molar-refractivity contribution in [2.75, 3.05) is 0 Å². The third kappa shape index (κ3) is 2.56. The van der Waals surface area contributed by atoms with Gasteiger partial charge in [0.2, 0.25) is 11.8 Å². The highest BCUT2D eigenvalue weighted by atomic mass is 35.5. The Hall–Kier alpha value is -2.20. The van der Waals surface area contributed by atoms with E-state index in [4.69, 9.17) is 16.0 Å². The van der Waals surface area contributed by atoms with Crippen molar-refractivity contribution in [2.24, 2.45) is 0 Å². The molecule has 0 aliphatic rings. The highest BCUT2D eigenvalue weighted by Crippen LogP contribution is 2.29. The number of aromatic nitrogens is 3. The van der Waals surface area contributed by atoms with Crippen molar-refractivity contribution in [2.45, 2.75) is 12.3 Å². The largest absolute Gasteiger partial charge is 0.419 e. The van der Waals surface area contributed by atoms with Crippen LogP contribution >= 0.6 is 11.6 Å². The second kappa shape index (κ2) is 5.43. The van der Waals surface area contributed by atoms with Gasteiger partial charge in [-0.05, 0) is 24.6 Å². The summed E-state index contributed by atoms with van der Waals surface area (Å²) in [5, 5.41) is 7.63. The topological polar surface area (TPSA) is 51.8 Å². The second-order valence-corrected chi connectivity index (χ2v) is 4.84. The van der Waals surface area contributed by atoms with E-state index in [2.05, 4.69) is 15.2 Å². The van der Waals surface area contributed by atoms with Gasteiger partial charge in [-0.25, -0.2) is 0 Å². The standard InChI is InChI=1S/C15H12ClN3O/c1-10-9-12(7-8-17-10)14-18-19-15(20-14)13(16)11-5-3-2-4-6-11/h2-9,13H,1H3. The van der Waals surface area contributed by atoms with Crippen LogP contribution in [0.5, 0.6) is 0 Å². The van der Waals surface area contributed by atoms with Gasteiger partial charge >= 0.3 is 0 Å². The third-order valence-electron chi connectivity index (χ3n) is 2.89. The van der Waals surface area contributed by atoms with E-state index >= 15 is 0 Å². The molecule has 1 atom stereocenters. The number of alkyl halides is 1. The summed E-state index contributed by atoms with van der Waals surface area (Å²) in [5.41, 5.74) is 2.66. The first-order valence-corrected chi connectivity index (χ1v) is 6.63. The van der Waals surface area contributed by atoms with Gasteiger partial charge < -0.3 is 4.42 Å². The van der Waals surface area contributed by atoms with E-state index in [0.717, 1.165) is 16.8 Å². The fourth-order valence-corrected chi connectivity index (χ4v) is 2.13. The maximum absolute atomic E-state index is 6.36. The van der Waals surface area contributed by atoms with E-state index < -0.39 is 5.38 Å². The van der Waals surface area contributed by atoms with Crippen LogP contribution in [0.15, 0.2) is 53.1 Å². The van der Waals surface area contributed by atoms with Crippen LogP contribution in [0.4, 0.5) is 0 Å². The minimum Gasteiger partial charge on any atom is -0.419 e. The van der Waals surface area contributed by atoms with Gasteiger partial charge in [0.1, 0.15) is 5.38 Å². The predicted molar refractivity (Wildman–Crippen MR) is 76.4 cm³/mol. The lowest BCUT2D eigenvalue weighted by Crippen LogP contribution is -1.92. The number of halogens is 1. The molecule has 0 spiro atoms. The number of pyridine rings is 1. The predicted octanol–water partition coefficient (Wildman–Crippen LogP) is 3.77. The minimum atomic E-state index is -0.444. The van der Waals surface area contributed by atoms with Crippen LogP contribution in [0, 0.1) is 6.92 Å². The van der Waals surface area contributed by atoms with Crippen molar-refractivity contribution in [3.05, 3.63) is 65.8 Å². The molecule has 20 heavy (non-hydrogen) atoms. The summed E-state index contributed by atoms with van der Waals surface area (Å²) >= 11 is 6.36. The monoisotopic (exact) mass is 285 g/mol. The van der Waals surface area contributed by atoms with E-state index in [1.165, 1.54) is 0 Å². The summed E-state index contributed by atoms with van der Waals surface area (Å²) in [7, 11) is 0. The minimum absolute atomic E-state index is 0.391. The first-order chi connectivity index (χ1) is 9.74. The van der Waals surface area contributed by atoms with Crippen LogP contribution in [0.2, 0.25) is 0 Å². The molecule has 0 saturated heterocycles. The number of rotatable bonds is 3. The number of nitrogens with zero attached hydrogens (tertiary/aromatic N) is 3. The van der Waals surface area contributed by atoms with Gasteiger partial charge in [0.05, 0.1) is 0 Å². The molecule has 3 rings (SSSR count).